The Morgan fingerprint density at radius 2 is 1.76 bits per heavy atom. The maximum atomic E-state index is 12.4. The van der Waals surface area contributed by atoms with Gasteiger partial charge in [-0.25, -0.2) is 4.79 Å². The molecule has 0 spiro atoms. The Balaban J connectivity index is 2.63. The van der Waals surface area contributed by atoms with Crippen LogP contribution in [0, 0.1) is 11.8 Å². The molecule has 1 rings (SSSR count). The zero-order valence-electron chi connectivity index (χ0n) is 15.9. The highest BCUT2D eigenvalue weighted by atomic mass is 16.5. The standard InChI is InChI=1S/C19H30N2O4/c1-6-24-19(23)20-16-8-7-9-17(10-16)25-13-18(22)21(11-14(2)3)12-15(4)5/h7-10,14-15H,6,11-13H2,1-5H3,(H,20,23). The average molecular weight is 350 g/mol. The minimum atomic E-state index is -0.518. The van der Waals surface area contributed by atoms with Gasteiger partial charge in [0.05, 0.1) is 6.61 Å². The van der Waals surface area contributed by atoms with Crippen molar-refractivity contribution in [2.75, 3.05) is 31.6 Å². The summed E-state index contributed by atoms with van der Waals surface area (Å²) in [6.45, 7) is 11.8. The van der Waals surface area contributed by atoms with E-state index in [2.05, 4.69) is 33.0 Å². The second-order valence-electron chi connectivity index (χ2n) is 6.75. The largest absolute Gasteiger partial charge is 0.484 e. The lowest BCUT2D eigenvalue weighted by Crippen LogP contribution is -2.39. The summed E-state index contributed by atoms with van der Waals surface area (Å²) in [5, 5.41) is 2.61. The first kappa shape index (κ1) is 20.8. The average Bonchev–Trinajstić information content (AvgIpc) is 2.51. The SMILES string of the molecule is CCOC(=O)Nc1cccc(OCC(=O)N(CC(C)C)CC(C)C)c1. The van der Waals surface area contributed by atoms with Crippen LogP contribution in [0.1, 0.15) is 34.6 Å². The van der Waals surface area contributed by atoms with E-state index >= 15 is 0 Å². The first-order chi connectivity index (χ1) is 11.8. The number of nitrogens with one attached hydrogen (secondary N) is 1. The van der Waals surface area contributed by atoms with Gasteiger partial charge in [0.25, 0.3) is 5.91 Å². The van der Waals surface area contributed by atoms with E-state index in [1.165, 1.54) is 0 Å². The number of anilines is 1. The van der Waals surface area contributed by atoms with Crippen molar-refractivity contribution in [3.63, 3.8) is 0 Å². The Morgan fingerprint density at radius 3 is 2.32 bits per heavy atom. The highest BCUT2D eigenvalue weighted by Crippen LogP contribution is 2.18. The van der Waals surface area contributed by atoms with Crippen LogP contribution >= 0.6 is 0 Å². The zero-order valence-corrected chi connectivity index (χ0v) is 15.9. The molecule has 1 aromatic rings. The van der Waals surface area contributed by atoms with E-state index in [0.717, 1.165) is 0 Å². The van der Waals surface area contributed by atoms with Gasteiger partial charge in [-0.15, -0.1) is 0 Å². The van der Waals surface area contributed by atoms with Gasteiger partial charge in [0.1, 0.15) is 5.75 Å². The second-order valence-corrected chi connectivity index (χ2v) is 6.75. The van der Waals surface area contributed by atoms with Crippen molar-refractivity contribution in [2.45, 2.75) is 34.6 Å². The number of rotatable bonds is 9. The molecule has 0 unspecified atom stereocenters. The topological polar surface area (TPSA) is 67.9 Å². The van der Waals surface area contributed by atoms with Crippen LogP contribution in [-0.2, 0) is 9.53 Å². The van der Waals surface area contributed by atoms with Crippen molar-refractivity contribution >= 4 is 17.7 Å². The third kappa shape index (κ3) is 8.42. The van der Waals surface area contributed by atoms with Crippen LogP contribution in [0.25, 0.3) is 0 Å². The molecule has 0 saturated heterocycles. The first-order valence-corrected chi connectivity index (χ1v) is 8.76. The van der Waals surface area contributed by atoms with Crippen molar-refractivity contribution in [2.24, 2.45) is 11.8 Å². The molecule has 25 heavy (non-hydrogen) atoms. The van der Waals surface area contributed by atoms with Gasteiger partial charge >= 0.3 is 6.09 Å². The summed E-state index contributed by atoms with van der Waals surface area (Å²) in [5.41, 5.74) is 0.560. The van der Waals surface area contributed by atoms with E-state index in [-0.39, 0.29) is 12.5 Å². The predicted octanol–water partition coefficient (Wildman–Crippen LogP) is 3.77. The number of hydrogen-bond acceptors (Lipinski definition) is 4. The van der Waals surface area contributed by atoms with Gasteiger partial charge in [0.15, 0.2) is 6.61 Å². The van der Waals surface area contributed by atoms with Crippen molar-refractivity contribution < 1.29 is 19.1 Å². The van der Waals surface area contributed by atoms with Crippen LogP contribution in [0.4, 0.5) is 10.5 Å². The van der Waals surface area contributed by atoms with Gasteiger partial charge in [0, 0.05) is 24.8 Å². The lowest BCUT2D eigenvalue weighted by molar-refractivity contribution is -0.134. The summed E-state index contributed by atoms with van der Waals surface area (Å²) in [5.74, 6) is 1.29. The molecule has 0 radical (unpaired) electrons. The van der Waals surface area contributed by atoms with Gasteiger partial charge < -0.3 is 14.4 Å². The van der Waals surface area contributed by atoms with E-state index < -0.39 is 6.09 Å². The summed E-state index contributed by atoms with van der Waals surface area (Å²) >= 11 is 0. The molecule has 0 bridgehead atoms. The summed E-state index contributed by atoms with van der Waals surface area (Å²) in [6, 6.07) is 6.90. The van der Waals surface area contributed by atoms with E-state index in [1.807, 2.05) is 4.90 Å². The Bertz CT molecular complexity index is 548. The molecule has 0 aromatic heterocycles. The summed E-state index contributed by atoms with van der Waals surface area (Å²) < 4.78 is 10.4. The molecule has 0 fully saturated rings. The quantitative estimate of drug-likeness (QED) is 0.736. The fourth-order valence-corrected chi connectivity index (χ4v) is 2.34. The predicted molar refractivity (Wildman–Crippen MR) is 98.8 cm³/mol. The van der Waals surface area contributed by atoms with E-state index in [9.17, 15) is 9.59 Å². The lowest BCUT2D eigenvalue weighted by Gasteiger charge is -2.26. The number of carbonyl (C=O) groups excluding carboxylic acids is 2. The molecule has 6 heteroatoms. The molecule has 1 N–H and O–H groups in total. The monoisotopic (exact) mass is 350 g/mol. The number of carbonyl (C=O) groups is 2. The van der Waals surface area contributed by atoms with Crippen molar-refractivity contribution in [1.29, 1.82) is 0 Å². The van der Waals surface area contributed by atoms with Crippen LogP contribution in [0.2, 0.25) is 0 Å². The van der Waals surface area contributed by atoms with Gasteiger partial charge in [-0.3, -0.25) is 10.1 Å². The van der Waals surface area contributed by atoms with Gasteiger partial charge in [-0.1, -0.05) is 33.8 Å². The molecule has 0 aliphatic rings. The molecular weight excluding hydrogens is 320 g/mol. The number of benzene rings is 1. The molecular formula is C19H30N2O4. The molecule has 0 atom stereocenters. The summed E-state index contributed by atoms with van der Waals surface area (Å²) in [7, 11) is 0. The third-order valence-corrected chi connectivity index (χ3v) is 3.24. The highest BCUT2D eigenvalue weighted by Gasteiger charge is 2.17. The lowest BCUT2D eigenvalue weighted by atomic mass is 10.1. The van der Waals surface area contributed by atoms with Crippen molar-refractivity contribution in [1.82, 2.24) is 4.90 Å². The summed E-state index contributed by atoms with van der Waals surface area (Å²) in [4.78, 5) is 25.7. The van der Waals surface area contributed by atoms with E-state index in [4.69, 9.17) is 9.47 Å². The summed E-state index contributed by atoms with van der Waals surface area (Å²) in [6.07, 6.45) is -0.518. The third-order valence-electron chi connectivity index (χ3n) is 3.24. The molecule has 140 valence electrons. The fourth-order valence-electron chi connectivity index (χ4n) is 2.34. The minimum Gasteiger partial charge on any atom is -0.484 e. The first-order valence-electron chi connectivity index (χ1n) is 8.76. The fraction of sp³-hybridized carbons (Fsp3) is 0.579. The van der Waals surface area contributed by atoms with Gasteiger partial charge in [-0.2, -0.15) is 0 Å². The van der Waals surface area contributed by atoms with E-state index in [1.54, 1.807) is 31.2 Å². The smallest absolute Gasteiger partial charge is 0.411 e. The normalized spacial score (nSPS) is 10.7. The maximum absolute atomic E-state index is 12.4. The molecule has 0 heterocycles. The molecule has 6 nitrogen and oxygen atoms in total. The minimum absolute atomic E-state index is 0.0255. The molecule has 0 aliphatic carbocycles. The number of nitrogens with zero attached hydrogens (tertiary/aromatic N) is 1. The Morgan fingerprint density at radius 1 is 1.12 bits per heavy atom. The van der Waals surface area contributed by atoms with Crippen LogP contribution in [0.5, 0.6) is 5.75 Å². The van der Waals surface area contributed by atoms with E-state index in [0.29, 0.717) is 43.0 Å². The molecule has 0 aliphatic heterocycles. The Hall–Kier alpha value is -2.24. The number of amides is 2. The number of ether oxygens (including phenoxy) is 2. The second kappa shape index (κ2) is 10.6. The van der Waals surface area contributed by atoms with Gasteiger partial charge in [0.2, 0.25) is 0 Å². The zero-order chi connectivity index (χ0) is 18.8. The maximum Gasteiger partial charge on any atom is 0.411 e. The van der Waals surface area contributed by atoms with Crippen LogP contribution in [-0.4, -0.2) is 43.2 Å². The molecule has 2 amide bonds. The van der Waals surface area contributed by atoms with Crippen molar-refractivity contribution in [3.05, 3.63) is 24.3 Å². The number of hydrogen-bond donors (Lipinski definition) is 1. The van der Waals surface area contributed by atoms with Crippen LogP contribution in [0.3, 0.4) is 0 Å². The highest BCUT2D eigenvalue weighted by molar-refractivity contribution is 5.84. The van der Waals surface area contributed by atoms with Crippen LogP contribution < -0.4 is 10.1 Å². The molecule has 0 saturated carbocycles. The van der Waals surface area contributed by atoms with Gasteiger partial charge in [-0.05, 0) is 30.9 Å². The Kier molecular flexibility index (Phi) is 8.81. The van der Waals surface area contributed by atoms with Crippen molar-refractivity contribution in [3.8, 4) is 5.75 Å². The molecule has 1 aromatic carbocycles. The van der Waals surface area contributed by atoms with Crippen LogP contribution in [0.15, 0.2) is 24.3 Å². The Labute approximate surface area is 150 Å².